The normalized spacial score (nSPS) is 21.9. The zero-order valence-electron chi connectivity index (χ0n) is 18.0. The molecule has 0 bridgehead atoms. The minimum absolute atomic E-state index is 0.117. The molecule has 2 heterocycles. The highest BCUT2D eigenvalue weighted by Crippen LogP contribution is 2.45. The van der Waals surface area contributed by atoms with E-state index in [1.165, 1.54) is 77.0 Å². The summed E-state index contributed by atoms with van der Waals surface area (Å²) in [4.78, 5) is 0. The van der Waals surface area contributed by atoms with E-state index >= 15 is 0 Å². The van der Waals surface area contributed by atoms with Crippen molar-refractivity contribution in [2.45, 2.75) is 122 Å². The summed E-state index contributed by atoms with van der Waals surface area (Å²) in [5.74, 6) is 0. The topological polar surface area (TPSA) is 21.8 Å². The quantitative estimate of drug-likeness (QED) is 0.251. The molecule has 0 aromatic heterocycles. The molecule has 1 saturated heterocycles. The molecular formula is C24H44O2. The molecule has 0 aromatic rings. The van der Waals surface area contributed by atoms with Crippen molar-refractivity contribution in [3.63, 3.8) is 0 Å². The van der Waals surface area contributed by atoms with Crippen molar-refractivity contribution in [1.29, 1.82) is 0 Å². The molecule has 1 fully saturated rings. The maximum absolute atomic E-state index is 5.83. The Hall–Kier alpha value is -0.600. The lowest BCUT2D eigenvalue weighted by Crippen LogP contribution is -2.26. The molecule has 0 amide bonds. The van der Waals surface area contributed by atoms with Gasteiger partial charge in [-0.1, -0.05) is 97.3 Å². The number of epoxide rings is 1. The second-order valence-electron chi connectivity index (χ2n) is 8.03. The van der Waals surface area contributed by atoms with Gasteiger partial charge in [-0.3, -0.25) is 0 Å². The number of rotatable bonds is 13. The molecule has 0 aromatic carbocycles. The molecule has 26 heavy (non-hydrogen) atoms. The fourth-order valence-corrected chi connectivity index (χ4v) is 3.87. The lowest BCUT2D eigenvalue weighted by Gasteiger charge is -2.27. The Kier molecular flexibility index (Phi) is 11.5. The molecule has 2 aliphatic rings. The fraction of sp³-hybridized carbons (Fsp3) is 0.833. The summed E-state index contributed by atoms with van der Waals surface area (Å²) in [6.07, 6.45) is 21.9. The first-order valence-corrected chi connectivity index (χ1v) is 11.2. The lowest BCUT2D eigenvalue weighted by atomic mass is 9.91. The van der Waals surface area contributed by atoms with Gasteiger partial charge in [0.05, 0.1) is 17.8 Å². The van der Waals surface area contributed by atoms with Crippen molar-refractivity contribution in [1.82, 2.24) is 0 Å². The van der Waals surface area contributed by atoms with E-state index in [9.17, 15) is 0 Å². The molecule has 2 rings (SSSR count). The van der Waals surface area contributed by atoms with Crippen molar-refractivity contribution in [3.05, 3.63) is 24.8 Å². The van der Waals surface area contributed by atoms with Crippen LogP contribution in [-0.2, 0) is 9.47 Å². The van der Waals surface area contributed by atoms with Crippen molar-refractivity contribution >= 4 is 0 Å². The van der Waals surface area contributed by atoms with Gasteiger partial charge < -0.3 is 9.47 Å². The average Bonchev–Trinajstić information content (AvgIpc) is 3.18. The van der Waals surface area contributed by atoms with Gasteiger partial charge >= 0.3 is 0 Å². The van der Waals surface area contributed by atoms with Gasteiger partial charge in [-0.15, -0.1) is 6.58 Å². The van der Waals surface area contributed by atoms with Gasteiger partial charge in [-0.2, -0.15) is 0 Å². The molecule has 0 aliphatic carbocycles. The Balaban J connectivity index is 0.000000260. The van der Waals surface area contributed by atoms with Crippen molar-refractivity contribution in [2.24, 2.45) is 0 Å². The molecule has 2 heteroatoms. The Morgan fingerprint density at radius 3 is 1.73 bits per heavy atom. The minimum atomic E-state index is 0.117. The number of ether oxygens (including phenoxy) is 2. The van der Waals surface area contributed by atoms with Crippen LogP contribution >= 0.6 is 0 Å². The van der Waals surface area contributed by atoms with Crippen LogP contribution in [0.15, 0.2) is 24.8 Å². The molecule has 0 N–H and O–H groups in total. The molecule has 1 unspecified atom stereocenters. The van der Waals surface area contributed by atoms with E-state index in [2.05, 4.69) is 46.4 Å². The van der Waals surface area contributed by atoms with Crippen LogP contribution in [0, 0.1) is 0 Å². The zero-order chi connectivity index (χ0) is 19.3. The third kappa shape index (κ3) is 7.56. The van der Waals surface area contributed by atoms with E-state index in [0.717, 1.165) is 6.61 Å². The first-order valence-electron chi connectivity index (χ1n) is 11.2. The number of hydrogen-bond donors (Lipinski definition) is 0. The van der Waals surface area contributed by atoms with Crippen LogP contribution in [0.25, 0.3) is 0 Å². The first-order chi connectivity index (χ1) is 12.6. The van der Waals surface area contributed by atoms with E-state index in [1.54, 1.807) is 0 Å². The van der Waals surface area contributed by atoms with Gasteiger partial charge in [0.25, 0.3) is 0 Å². The summed E-state index contributed by atoms with van der Waals surface area (Å²) < 4.78 is 11.6. The van der Waals surface area contributed by atoms with Crippen molar-refractivity contribution in [3.8, 4) is 0 Å². The highest BCUT2D eigenvalue weighted by atomic mass is 16.6. The molecule has 0 saturated carbocycles. The SMILES string of the molecule is C=CC1OC1(CCCC)CCCC.CCCCC1(CCCC)C=CCO1. The smallest absolute Gasteiger partial charge is 0.105 e. The Morgan fingerprint density at radius 1 is 0.885 bits per heavy atom. The highest BCUT2D eigenvalue weighted by Gasteiger charge is 2.52. The second kappa shape index (κ2) is 12.7. The predicted octanol–water partition coefficient (Wildman–Crippen LogP) is 7.38. The summed E-state index contributed by atoms with van der Waals surface area (Å²) in [5.41, 5.74) is 0.319. The van der Waals surface area contributed by atoms with Gasteiger partial charge in [0.2, 0.25) is 0 Å². The maximum atomic E-state index is 5.83. The second-order valence-corrected chi connectivity index (χ2v) is 8.03. The van der Waals surface area contributed by atoms with E-state index in [1.807, 2.05) is 6.08 Å². The van der Waals surface area contributed by atoms with E-state index in [-0.39, 0.29) is 11.2 Å². The van der Waals surface area contributed by atoms with E-state index in [4.69, 9.17) is 9.47 Å². The third-order valence-electron chi connectivity index (χ3n) is 5.74. The highest BCUT2D eigenvalue weighted by molar-refractivity contribution is 5.10. The van der Waals surface area contributed by atoms with Crippen LogP contribution in [0.2, 0.25) is 0 Å². The fourth-order valence-electron chi connectivity index (χ4n) is 3.87. The first kappa shape index (κ1) is 23.4. The van der Waals surface area contributed by atoms with Crippen LogP contribution in [0.3, 0.4) is 0 Å². The van der Waals surface area contributed by atoms with E-state index < -0.39 is 0 Å². The molecule has 152 valence electrons. The standard InChI is InChI=1S/2C12H22O/c1-4-7-9-12(10-8-5-2)11(6-3)13-12;1-3-5-8-12(9-6-4-2)10-7-11-13-12/h6,11H,3-5,7-10H2,1-2H3;7,10H,3-6,8-9,11H2,1-2H3. The largest absolute Gasteiger partial charge is 0.367 e. The molecule has 1 atom stereocenters. The summed E-state index contributed by atoms with van der Waals surface area (Å²) >= 11 is 0. The molecule has 0 spiro atoms. The Morgan fingerprint density at radius 2 is 1.38 bits per heavy atom. The van der Waals surface area contributed by atoms with Crippen LogP contribution < -0.4 is 0 Å². The van der Waals surface area contributed by atoms with Crippen LogP contribution in [0.5, 0.6) is 0 Å². The number of hydrogen-bond acceptors (Lipinski definition) is 2. The summed E-state index contributed by atoms with van der Waals surface area (Å²) in [6, 6.07) is 0. The molecule has 2 nitrogen and oxygen atoms in total. The zero-order valence-corrected chi connectivity index (χ0v) is 18.0. The average molecular weight is 365 g/mol. The Bertz CT molecular complexity index is 383. The Labute approximate surface area is 163 Å². The molecule has 0 radical (unpaired) electrons. The van der Waals surface area contributed by atoms with Crippen molar-refractivity contribution in [2.75, 3.05) is 6.61 Å². The van der Waals surface area contributed by atoms with Gasteiger partial charge in [0, 0.05) is 0 Å². The summed E-state index contributed by atoms with van der Waals surface area (Å²) in [6.45, 7) is 13.6. The number of unbranched alkanes of at least 4 members (excludes halogenated alkanes) is 4. The van der Waals surface area contributed by atoms with Gasteiger partial charge in [0.15, 0.2) is 0 Å². The van der Waals surface area contributed by atoms with Crippen LogP contribution in [0.4, 0.5) is 0 Å². The van der Waals surface area contributed by atoms with Crippen LogP contribution in [-0.4, -0.2) is 23.9 Å². The molecule has 2 aliphatic heterocycles. The van der Waals surface area contributed by atoms with Gasteiger partial charge in [-0.05, 0) is 25.7 Å². The van der Waals surface area contributed by atoms with Gasteiger partial charge in [0.1, 0.15) is 6.10 Å². The van der Waals surface area contributed by atoms with Crippen LogP contribution in [0.1, 0.15) is 105 Å². The molecular weight excluding hydrogens is 320 g/mol. The maximum Gasteiger partial charge on any atom is 0.105 e. The van der Waals surface area contributed by atoms with E-state index in [0.29, 0.717) is 6.10 Å². The van der Waals surface area contributed by atoms with Gasteiger partial charge in [-0.25, -0.2) is 0 Å². The lowest BCUT2D eigenvalue weighted by molar-refractivity contribution is 0.00911. The third-order valence-corrected chi connectivity index (χ3v) is 5.74. The monoisotopic (exact) mass is 364 g/mol. The minimum Gasteiger partial charge on any atom is -0.367 e. The van der Waals surface area contributed by atoms with Crippen molar-refractivity contribution < 1.29 is 9.47 Å². The predicted molar refractivity (Wildman–Crippen MR) is 114 cm³/mol. The summed E-state index contributed by atoms with van der Waals surface area (Å²) in [5, 5.41) is 0. The summed E-state index contributed by atoms with van der Waals surface area (Å²) in [7, 11) is 0.